The minimum Gasteiger partial charge on any atom is -0.356 e. The third-order valence-corrected chi connectivity index (χ3v) is 9.15. The normalized spacial score (nSPS) is 21.3. The van der Waals surface area contributed by atoms with Gasteiger partial charge < -0.3 is 14.4 Å². The number of hydrogen-bond acceptors (Lipinski definition) is 4. The molecule has 1 amide bonds. The van der Waals surface area contributed by atoms with Crippen molar-refractivity contribution in [3.05, 3.63) is 100.0 Å². The first kappa shape index (κ1) is 22.6. The lowest BCUT2D eigenvalue weighted by Crippen LogP contribution is -2.48. The van der Waals surface area contributed by atoms with Gasteiger partial charge in [0.1, 0.15) is 9.57 Å². The smallest absolute Gasteiger partial charge is 0.250 e. The minimum absolute atomic E-state index is 0.0857. The van der Waals surface area contributed by atoms with Crippen LogP contribution >= 0.6 is 24.0 Å². The van der Waals surface area contributed by atoms with Crippen LogP contribution in [0.5, 0.6) is 0 Å². The number of para-hydroxylation sites is 1. The van der Waals surface area contributed by atoms with Gasteiger partial charge in [0.05, 0.1) is 0 Å². The Morgan fingerprint density at radius 2 is 1.74 bits per heavy atom. The quantitative estimate of drug-likeness (QED) is 0.490. The lowest BCUT2D eigenvalue weighted by Gasteiger charge is -2.43. The molecule has 0 radical (unpaired) electrons. The van der Waals surface area contributed by atoms with E-state index in [-0.39, 0.29) is 17.4 Å². The molecule has 0 N–H and O–H groups in total. The third-order valence-electron chi connectivity index (χ3n) is 7.44. The van der Waals surface area contributed by atoms with Gasteiger partial charge >= 0.3 is 0 Å². The fourth-order valence-electron chi connectivity index (χ4n) is 5.82. The van der Waals surface area contributed by atoms with Gasteiger partial charge in [0.15, 0.2) is 0 Å². The number of benzene rings is 2. The Balaban J connectivity index is 1.25. The molecule has 1 fully saturated rings. The van der Waals surface area contributed by atoms with Crippen LogP contribution in [0.2, 0.25) is 0 Å². The SMILES string of the molecule is O=C([C@@H](SC(=S)N1C[C@@H]2C[C@@H](C1)c1cccc(=O)n1C2)c1ccccc1)N1CCc2ccccc21. The van der Waals surface area contributed by atoms with Crippen molar-refractivity contribution >= 4 is 39.9 Å². The third kappa shape index (κ3) is 4.21. The molecule has 3 aromatic rings. The molecular formula is C28H27N3O2S2. The molecule has 178 valence electrons. The second-order valence-corrected chi connectivity index (χ2v) is 11.4. The number of nitrogens with zero attached hydrogens (tertiary/aromatic N) is 3. The van der Waals surface area contributed by atoms with Gasteiger partial charge in [-0.1, -0.05) is 78.6 Å². The zero-order valence-corrected chi connectivity index (χ0v) is 21.0. The number of piperidine rings is 1. The van der Waals surface area contributed by atoms with E-state index in [0.717, 1.165) is 53.7 Å². The van der Waals surface area contributed by atoms with Gasteiger partial charge in [-0.05, 0) is 42.0 Å². The van der Waals surface area contributed by atoms with Gasteiger partial charge in [-0.3, -0.25) is 9.59 Å². The van der Waals surface area contributed by atoms with E-state index in [1.165, 1.54) is 17.3 Å². The number of thioether (sulfide) groups is 1. The van der Waals surface area contributed by atoms with Crippen LogP contribution in [0.1, 0.15) is 34.4 Å². The van der Waals surface area contributed by atoms with Crippen molar-refractivity contribution in [2.75, 3.05) is 24.5 Å². The Kier molecular flexibility index (Phi) is 5.98. The molecule has 7 heteroatoms. The molecular weight excluding hydrogens is 474 g/mol. The molecule has 1 aromatic heterocycles. The summed E-state index contributed by atoms with van der Waals surface area (Å²) in [4.78, 5) is 30.5. The van der Waals surface area contributed by atoms with E-state index in [9.17, 15) is 9.59 Å². The molecule has 2 bridgehead atoms. The summed E-state index contributed by atoms with van der Waals surface area (Å²) < 4.78 is 2.70. The number of carbonyl (C=O) groups excluding carboxylic acids is 1. The van der Waals surface area contributed by atoms with E-state index in [1.807, 2.05) is 64.1 Å². The van der Waals surface area contributed by atoms with Gasteiger partial charge in [0.25, 0.3) is 5.56 Å². The fraction of sp³-hybridized carbons (Fsp3) is 0.321. The Labute approximate surface area is 214 Å². The summed E-state index contributed by atoms with van der Waals surface area (Å²) in [6.07, 6.45) is 1.96. The summed E-state index contributed by atoms with van der Waals surface area (Å²) in [5.41, 5.74) is 4.40. The molecule has 3 aliphatic heterocycles. The second kappa shape index (κ2) is 9.28. The number of hydrogen-bond donors (Lipinski definition) is 0. The Morgan fingerprint density at radius 3 is 2.60 bits per heavy atom. The lowest BCUT2D eigenvalue weighted by atomic mass is 9.83. The van der Waals surface area contributed by atoms with Crippen LogP contribution in [0, 0.1) is 5.92 Å². The zero-order chi connectivity index (χ0) is 23.9. The van der Waals surface area contributed by atoms with Crippen LogP contribution in [0.4, 0.5) is 5.69 Å². The highest BCUT2D eigenvalue weighted by atomic mass is 32.2. The first-order valence-corrected chi connectivity index (χ1v) is 13.5. The van der Waals surface area contributed by atoms with E-state index in [2.05, 4.69) is 17.0 Å². The highest BCUT2D eigenvalue weighted by Crippen LogP contribution is 2.40. The predicted octanol–water partition coefficient (Wildman–Crippen LogP) is 4.62. The standard InChI is InChI=1S/C28H27N3O2S2/c32-25-12-6-11-24-22-15-19(17-31(24)25)16-29(18-22)28(34)35-26(21-8-2-1-3-9-21)27(33)30-14-13-20-7-4-5-10-23(20)30/h1-12,19,22,26H,13-18H2/t19-,22-,26-/m0/s1. The molecule has 4 heterocycles. The van der Waals surface area contributed by atoms with E-state index in [4.69, 9.17) is 12.2 Å². The lowest BCUT2D eigenvalue weighted by molar-refractivity contribution is -0.118. The topological polar surface area (TPSA) is 45.6 Å². The largest absolute Gasteiger partial charge is 0.356 e. The highest BCUT2D eigenvalue weighted by molar-refractivity contribution is 8.23. The maximum atomic E-state index is 13.9. The Morgan fingerprint density at radius 1 is 0.943 bits per heavy atom. The highest BCUT2D eigenvalue weighted by Gasteiger charge is 2.38. The number of thiocarbonyl (C=S) groups is 1. The molecule has 0 aliphatic carbocycles. The zero-order valence-electron chi connectivity index (χ0n) is 19.4. The summed E-state index contributed by atoms with van der Waals surface area (Å²) in [6, 6.07) is 23.7. The molecule has 3 aliphatic rings. The number of likely N-dealkylation sites (tertiary alicyclic amines) is 1. The summed E-state index contributed by atoms with van der Waals surface area (Å²) in [7, 11) is 0. The number of anilines is 1. The predicted molar refractivity (Wildman–Crippen MR) is 145 cm³/mol. The maximum absolute atomic E-state index is 13.9. The van der Waals surface area contributed by atoms with E-state index < -0.39 is 5.25 Å². The van der Waals surface area contributed by atoms with Crippen LogP contribution in [0.25, 0.3) is 0 Å². The van der Waals surface area contributed by atoms with Gasteiger partial charge in [-0.2, -0.15) is 0 Å². The number of fused-ring (bicyclic) bond motifs is 5. The number of carbonyl (C=O) groups is 1. The van der Waals surface area contributed by atoms with Crippen LogP contribution in [-0.2, 0) is 17.8 Å². The summed E-state index contributed by atoms with van der Waals surface area (Å²) >= 11 is 7.47. The molecule has 0 saturated carbocycles. The van der Waals surface area contributed by atoms with Crippen LogP contribution in [0.3, 0.4) is 0 Å². The molecule has 0 spiro atoms. The molecule has 5 nitrogen and oxygen atoms in total. The summed E-state index contributed by atoms with van der Waals surface area (Å²) in [6.45, 7) is 3.05. The average Bonchev–Trinajstić information content (AvgIpc) is 3.32. The van der Waals surface area contributed by atoms with Crippen molar-refractivity contribution in [3.63, 3.8) is 0 Å². The van der Waals surface area contributed by atoms with Crippen molar-refractivity contribution in [2.24, 2.45) is 5.92 Å². The summed E-state index contributed by atoms with van der Waals surface area (Å²) in [5, 5.41) is -0.397. The Bertz CT molecular complexity index is 1340. The van der Waals surface area contributed by atoms with E-state index in [1.54, 1.807) is 6.07 Å². The second-order valence-electron chi connectivity index (χ2n) is 9.65. The first-order chi connectivity index (χ1) is 17.1. The van der Waals surface area contributed by atoms with Crippen molar-refractivity contribution < 1.29 is 4.79 Å². The van der Waals surface area contributed by atoms with Crippen molar-refractivity contribution in [1.82, 2.24) is 9.47 Å². The summed E-state index contributed by atoms with van der Waals surface area (Å²) in [5.74, 6) is 0.755. The van der Waals surface area contributed by atoms with Gasteiger partial charge in [-0.25, -0.2) is 0 Å². The fourth-order valence-corrected chi connectivity index (χ4v) is 7.28. The maximum Gasteiger partial charge on any atom is 0.250 e. The first-order valence-electron chi connectivity index (χ1n) is 12.2. The molecule has 6 rings (SSSR count). The molecule has 1 saturated heterocycles. The minimum atomic E-state index is -0.397. The van der Waals surface area contributed by atoms with E-state index in [0.29, 0.717) is 12.5 Å². The number of aromatic nitrogens is 1. The number of rotatable bonds is 3. The van der Waals surface area contributed by atoms with Crippen LogP contribution in [-0.4, -0.2) is 39.3 Å². The van der Waals surface area contributed by atoms with E-state index >= 15 is 0 Å². The average molecular weight is 502 g/mol. The molecule has 0 unspecified atom stereocenters. The number of amides is 1. The van der Waals surface area contributed by atoms with Gasteiger partial charge in [-0.15, -0.1) is 0 Å². The van der Waals surface area contributed by atoms with Gasteiger partial charge in [0.2, 0.25) is 5.91 Å². The molecule has 3 atom stereocenters. The van der Waals surface area contributed by atoms with Gasteiger partial charge in [0, 0.05) is 49.5 Å². The van der Waals surface area contributed by atoms with Crippen LogP contribution < -0.4 is 10.5 Å². The number of pyridine rings is 1. The monoisotopic (exact) mass is 501 g/mol. The van der Waals surface area contributed by atoms with Crippen molar-refractivity contribution in [1.29, 1.82) is 0 Å². The molecule has 2 aromatic carbocycles. The van der Waals surface area contributed by atoms with Crippen molar-refractivity contribution in [2.45, 2.75) is 30.6 Å². The van der Waals surface area contributed by atoms with Crippen LogP contribution in [0.15, 0.2) is 77.6 Å². The Hall–Kier alpha value is -2.90. The van der Waals surface area contributed by atoms with Crippen molar-refractivity contribution in [3.8, 4) is 0 Å². The molecule has 35 heavy (non-hydrogen) atoms.